The first kappa shape index (κ1) is 12.3. The Labute approximate surface area is 114 Å². The van der Waals surface area contributed by atoms with Gasteiger partial charge in [-0.1, -0.05) is 0 Å². The summed E-state index contributed by atoms with van der Waals surface area (Å²) in [6, 6.07) is 4.18. The van der Waals surface area contributed by atoms with E-state index in [0.29, 0.717) is 5.76 Å². The van der Waals surface area contributed by atoms with E-state index in [2.05, 4.69) is 0 Å². The lowest BCUT2D eigenvalue weighted by atomic mass is 10.1. The van der Waals surface area contributed by atoms with Gasteiger partial charge in [0.15, 0.2) is 5.76 Å². The summed E-state index contributed by atoms with van der Waals surface area (Å²) >= 11 is 0. The first-order valence-electron chi connectivity index (χ1n) is 6.03. The zero-order valence-corrected chi connectivity index (χ0v) is 10.9. The Morgan fingerprint density at radius 2 is 1.90 bits per heavy atom. The van der Waals surface area contributed by atoms with Crippen LogP contribution in [0.3, 0.4) is 0 Å². The Kier molecular flexibility index (Phi) is 2.57. The maximum absolute atomic E-state index is 12.1. The van der Waals surface area contributed by atoms with E-state index in [0.717, 1.165) is 17.4 Å². The smallest absolute Gasteiger partial charge is 0.235 e. The zero-order valence-electron chi connectivity index (χ0n) is 10.9. The Balaban J connectivity index is 2.03. The number of aromatic hydroxyl groups is 2. The molecule has 0 unspecified atom stereocenters. The summed E-state index contributed by atoms with van der Waals surface area (Å²) in [5.41, 5.74) is 1.02. The molecule has 1 aliphatic heterocycles. The van der Waals surface area contributed by atoms with E-state index < -0.39 is 5.78 Å². The molecule has 5 heteroatoms. The van der Waals surface area contributed by atoms with Gasteiger partial charge in [0.25, 0.3) is 0 Å². The highest BCUT2D eigenvalue weighted by atomic mass is 16.5. The van der Waals surface area contributed by atoms with Gasteiger partial charge in [0.05, 0.1) is 0 Å². The molecule has 5 nitrogen and oxygen atoms in total. The van der Waals surface area contributed by atoms with Crippen molar-refractivity contribution in [1.82, 2.24) is 0 Å². The van der Waals surface area contributed by atoms with Gasteiger partial charge in [0.2, 0.25) is 5.78 Å². The van der Waals surface area contributed by atoms with Gasteiger partial charge < -0.3 is 19.4 Å². The van der Waals surface area contributed by atoms with Crippen molar-refractivity contribution < 1.29 is 24.2 Å². The van der Waals surface area contributed by atoms with Crippen molar-refractivity contribution in [2.45, 2.75) is 13.8 Å². The van der Waals surface area contributed by atoms with Crippen LogP contribution in [0.1, 0.15) is 27.4 Å². The fourth-order valence-electron chi connectivity index (χ4n) is 2.08. The standard InChI is InChI=1S/C15H12O5/c1-7-3-10(19-8(7)2)6-13-15(18)14-11(17)4-9(16)5-12(14)20-13/h3-6,16-17H,1-2H3. The highest BCUT2D eigenvalue weighted by Crippen LogP contribution is 2.40. The number of fused-ring (bicyclic) bond motifs is 1. The first-order chi connectivity index (χ1) is 9.45. The van der Waals surface area contributed by atoms with Crippen molar-refractivity contribution in [2.24, 2.45) is 0 Å². The minimum absolute atomic E-state index is 0.0500. The Morgan fingerprint density at radius 3 is 2.55 bits per heavy atom. The quantitative estimate of drug-likeness (QED) is 0.780. The molecule has 0 aliphatic carbocycles. The van der Waals surface area contributed by atoms with E-state index in [9.17, 15) is 15.0 Å². The largest absolute Gasteiger partial charge is 0.508 e. The van der Waals surface area contributed by atoms with Crippen LogP contribution < -0.4 is 4.74 Å². The molecule has 0 atom stereocenters. The molecule has 1 aromatic heterocycles. The molecule has 2 heterocycles. The number of Topliss-reactive ketones (excluding diaryl/α,β-unsaturated/α-hetero) is 1. The third-order valence-electron chi connectivity index (χ3n) is 3.20. The lowest BCUT2D eigenvalue weighted by Crippen LogP contribution is -1.98. The first-order valence-corrected chi connectivity index (χ1v) is 6.03. The zero-order chi connectivity index (χ0) is 14.4. The summed E-state index contributed by atoms with van der Waals surface area (Å²) in [7, 11) is 0. The van der Waals surface area contributed by atoms with Crippen molar-refractivity contribution in [3.05, 3.63) is 46.6 Å². The number of rotatable bonds is 1. The van der Waals surface area contributed by atoms with Crippen molar-refractivity contribution >= 4 is 11.9 Å². The van der Waals surface area contributed by atoms with Crippen LogP contribution in [0.2, 0.25) is 0 Å². The predicted molar refractivity (Wildman–Crippen MR) is 70.9 cm³/mol. The Hall–Kier alpha value is -2.69. The molecule has 102 valence electrons. The summed E-state index contributed by atoms with van der Waals surface area (Å²) in [5.74, 6) is 0.540. The number of phenols is 2. The van der Waals surface area contributed by atoms with Crippen molar-refractivity contribution in [2.75, 3.05) is 0 Å². The SMILES string of the molecule is Cc1cc(C=C2Oc3cc(O)cc(O)c3C2=O)oc1C. The molecule has 0 bridgehead atoms. The Bertz CT molecular complexity index is 732. The molecule has 0 spiro atoms. The predicted octanol–water partition coefficient (Wildman–Crippen LogP) is 2.92. The molecular weight excluding hydrogens is 260 g/mol. The molecule has 0 radical (unpaired) electrons. The number of ketones is 1. The van der Waals surface area contributed by atoms with Crippen molar-refractivity contribution in [1.29, 1.82) is 0 Å². The number of benzene rings is 1. The molecule has 3 rings (SSSR count). The van der Waals surface area contributed by atoms with Crippen molar-refractivity contribution in [3.8, 4) is 17.2 Å². The van der Waals surface area contributed by atoms with Crippen LogP contribution in [0.15, 0.2) is 28.4 Å². The average molecular weight is 272 g/mol. The summed E-state index contributed by atoms with van der Waals surface area (Å²) in [6.45, 7) is 3.73. The Morgan fingerprint density at radius 1 is 1.15 bits per heavy atom. The molecule has 2 N–H and O–H groups in total. The van der Waals surface area contributed by atoms with Gasteiger partial charge in [-0.25, -0.2) is 0 Å². The van der Waals surface area contributed by atoms with Gasteiger partial charge in [-0.3, -0.25) is 4.79 Å². The third kappa shape index (κ3) is 1.84. The molecule has 1 aromatic carbocycles. The molecule has 1 aliphatic rings. The van der Waals surface area contributed by atoms with E-state index in [1.165, 1.54) is 12.1 Å². The number of carbonyl (C=O) groups excluding carboxylic acids is 1. The second-order valence-corrected chi connectivity index (χ2v) is 4.67. The molecule has 0 amide bonds. The number of hydrogen-bond acceptors (Lipinski definition) is 5. The molecule has 0 saturated carbocycles. The van der Waals surface area contributed by atoms with E-state index in [4.69, 9.17) is 9.15 Å². The second-order valence-electron chi connectivity index (χ2n) is 4.67. The monoisotopic (exact) mass is 272 g/mol. The number of allylic oxidation sites excluding steroid dienone is 1. The third-order valence-corrected chi connectivity index (χ3v) is 3.20. The summed E-state index contributed by atoms with van der Waals surface area (Å²) in [4.78, 5) is 12.1. The second kappa shape index (κ2) is 4.16. The van der Waals surface area contributed by atoms with Crippen LogP contribution in [0, 0.1) is 13.8 Å². The van der Waals surface area contributed by atoms with E-state index >= 15 is 0 Å². The van der Waals surface area contributed by atoms with Crippen LogP contribution in [-0.4, -0.2) is 16.0 Å². The molecular formula is C15H12O5. The van der Waals surface area contributed by atoms with Gasteiger partial charge in [-0.05, 0) is 25.5 Å². The number of hydrogen-bond donors (Lipinski definition) is 2. The van der Waals surface area contributed by atoms with Gasteiger partial charge in [0, 0.05) is 18.2 Å². The van der Waals surface area contributed by atoms with Crippen LogP contribution in [0.4, 0.5) is 0 Å². The highest BCUT2D eigenvalue weighted by Gasteiger charge is 2.31. The molecule has 0 fully saturated rings. The topological polar surface area (TPSA) is 79.9 Å². The molecule has 0 saturated heterocycles. The van der Waals surface area contributed by atoms with Crippen LogP contribution in [0.25, 0.3) is 6.08 Å². The van der Waals surface area contributed by atoms with Gasteiger partial charge in [0.1, 0.15) is 34.3 Å². The fourth-order valence-corrected chi connectivity index (χ4v) is 2.08. The maximum atomic E-state index is 12.1. The number of carbonyl (C=O) groups is 1. The summed E-state index contributed by atoms with van der Waals surface area (Å²) in [6.07, 6.45) is 1.47. The van der Waals surface area contributed by atoms with E-state index in [-0.39, 0.29) is 28.6 Å². The number of phenolic OH excluding ortho intramolecular Hbond substituents is 2. The lowest BCUT2D eigenvalue weighted by molar-refractivity contribution is 0.101. The summed E-state index contributed by atoms with van der Waals surface area (Å²) < 4.78 is 10.8. The van der Waals surface area contributed by atoms with Crippen LogP contribution in [-0.2, 0) is 0 Å². The van der Waals surface area contributed by atoms with Crippen LogP contribution >= 0.6 is 0 Å². The van der Waals surface area contributed by atoms with Crippen LogP contribution in [0.5, 0.6) is 17.2 Å². The van der Waals surface area contributed by atoms with E-state index in [1.807, 2.05) is 13.8 Å². The minimum atomic E-state index is -0.441. The number of furan rings is 1. The normalized spacial score (nSPS) is 15.5. The lowest BCUT2D eigenvalue weighted by Gasteiger charge is -1.99. The summed E-state index contributed by atoms with van der Waals surface area (Å²) in [5, 5.41) is 19.1. The van der Waals surface area contributed by atoms with Gasteiger partial charge in [-0.2, -0.15) is 0 Å². The fraction of sp³-hybridized carbons (Fsp3) is 0.133. The highest BCUT2D eigenvalue weighted by molar-refractivity contribution is 6.16. The average Bonchev–Trinajstić information content (AvgIpc) is 2.81. The molecule has 20 heavy (non-hydrogen) atoms. The molecule has 2 aromatic rings. The number of ether oxygens (including phenoxy) is 1. The number of aryl methyl sites for hydroxylation is 2. The van der Waals surface area contributed by atoms with E-state index in [1.54, 1.807) is 6.07 Å². The van der Waals surface area contributed by atoms with Gasteiger partial charge in [-0.15, -0.1) is 0 Å². The van der Waals surface area contributed by atoms with Gasteiger partial charge >= 0.3 is 0 Å². The van der Waals surface area contributed by atoms with Crippen molar-refractivity contribution in [3.63, 3.8) is 0 Å². The maximum Gasteiger partial charge on any atom is 0.235 e. The minimum Gasteiger partial charge on any atom is -0.508 e.